The molecular weight excluding hydrogens is 192 g/mol. The van der Waals surface area contributed by atoms with Crippen LogP contribution in [0, 0.1) is 0 Å². The molecule has 0 fully saturated rings. The van der Waals surface area contributed by atoms with Crippen molar-refractivity contribution in [3.05, 3.63) is 0 Å². The van der Waals surface area contributed by atoms with Crippen LogP contribution in [-0.4, -0.2) is 42.6 Å². The van der Waals surface area contributed by atoms with Crippen LogP contribution in [0.2, 0.25) is 0 Å². The van der Waals surface area contributed by atoms with Gasteiger partial charge < -0.3 is 10.6 Å². The zero-order valence-corrected chi connectivity index (χ0v) is 10.9. The maximum Gasteiger partial charge on any atom is 0.00717 e. The molecule has 0 heterocycles. The number of hydrogen-bond acceptors (Lipinski definition) is 3. The molecule has 2 atom stereocenters. The lowest BCUT2D eigenvalue weighted by atomic mass is 10.1. The minimum absolute atomic E-state index is 0.352. The zero-order chi connectivity index (χ0) is 11.0. The maximum atomic E-state index is 5.71. The van der Waals surface area contributed by atoms with Crippen LogP contribution in [0.4, 0.5) is 0 Å². The lowest BCUT2D eigenvalue weighted by Crippen LogP contribution is -2.31. The third-order valence-corrected chi connectivity index (χ3v) is 3.31. The zero-order valence-electron chi connectivity index (χ0n) is 10.1. The van der Waals surface area contributed by atoms with E-state index < -0.39 is 0 Å². The van der Waals surface area contributed by atoms with Crippen molar-refractivity contribution in [1.29, 1.82) is 0 Å². The first kappa shape index (κ1) is 14.3. The van der Waals surface area contributed by atoms with E-state index in [9.17, 15) is 0 Å². The van der Waals surface area contributed by atoms with Gasteiger partial charge in [0.15, 0.2) is 0 Å². The Kier molecular flexibility index (Phi) is 8.73. The fourth-order valence-electron chi connectivity index (χ4n) is 1.39. The molecule has 14 heavy (non-hydrogen) atoms. The maximum absolute atomic E-state index is 5.71. The standard InChI is InChI=1S/C11H26N2S/c1-10(12)6-5-8-13(3)11(2)7-9-14-4/h10-11H,5-9,12H2,1-4H3. The molecule has 2 nitrogen and oxygen atoms in total. The molecule has 0 aliphatic carbocycles. The number of nitrogens with zero attached hydrogens (tertiary/aromatic N) is 1. The van der Waals surface area contributed by atoms with E-state index in [1.807, 2.05) is 11.8 Å². The van der Waals surface area contributed by atoms with Crippen LogP contribution in [0.25, 0.3) is 0 Å². The van der Waals surface area contributed by atoms with Gasteiger partial charge in [0.2, 0.25) is 0 Å². The van der Waals surface area contributed by atoms with Gasteiger partial charge in [-0.05, 0) is 58.7 Å². The van der Waals surface area contributed by atoms with Crippen LogP contribution in [0.15, 0.2) is 0 Å². The monoisotopic (exact) mass is 218 g/mol. The van der Waals surface area contributed by atoms with Crippen molar-refractivity contribution in [2.45, 2.75) is 45.2 Å². The van der Waals surface area contributed by atoms with Gasteiger partial charge in [-0.15, -0.1) is 0 Å². The summed E-state index contributed by atoms with van der Waals surface area (Å²) in [7, 11) is 2.21. The highest BCUT2D eigenvalue weighted by Gasteiger charge is 2.08. The Morgan fingerprint density at radius 1 is 1.29 bits per heavy atom. The molecule has 2 N–H and O–H groups in total. The van der Waals surface area contributed by atoms with Crippen molar-refractivity contribution < 1.29 is 0 Å². The first-order chi connectivity index (χ1) is 6.57. The van der Waals surface area contributed by atoms with E-state index in [-0.39, 0.29) is 0 Å². The molecule has 0 aromatic carbocycles. The SMILES string of the molecule is CSCCC(C)N(C)CCCC(C)N. The number of nitrogens with two attached hydrogens (primary N) is 1. The molecule has 0 aliphatic rings. The highest BCUT2D eigenvalue weighted by atomic mass is 32.2. The minimum Gasteiger partial charge on any atom is -0.328 e. The molecule has 86 valence electrons. The number of rotatable bonds is 8. The Morgan fingerprint density at radius 3 is 2.43 bits per heavy atom. The molecule has 0 bridgehead atoms. The van der Waals surface area contributed by atoms with Gasteiger partial charge in [-0.3, -0.25) is 0 Å². The third-order valence-electron chi connectivity index (χ3n) is 2.66. The van der Waals surface area contributed by atoms with Gasteiger partial charge in [-0.1, -0.05) is 0 Å². The first-order valence-electron chi connectivity index (χ1n) is 5.52. The molecule has 2 unspecified atom stereocenters. The molecule has 0 spiro atoms. The Morgan fingerprint density at radius 2 is 1.93 bits per heavy atom. The average molecular weight is 218 g/mol. The Labute approximate surface area is 93.6 Å². The summed E-state index contributed by atoms with van der Waals surface area (Å²) in [6, 6.07) is 1.06. The van der Waals surface area contributed by atoms with Gasteiger partial charge in [0.1, 0.15) is 0 Å². The first-order valence-corrected chi connectivity index (χ1v) is 6.92. The molecule has 0 amide bonds. The van der Waals surface area contributed by atoms with Gasteiger partial charge in [-0.2, -0.15) is 11.8 Å². The predicted octanol–water partition coefficient (Wildman–Crippen LogP) is 2.19. The summed E-state index contributed by atoms with van der Waals surface area (Å²) in [4.78, 5) is 2.44. The predicted molar refractivity (Wildman–Crippen MR) is 68.0 cm³/mol. The van der Waals surface area contributed by atoms with Gasteiger partial charge in [-0.25, -0.2) is 0 Å². The normalized spacial score (nSPS) is 15.9. The highest BCUT2D eigenvalue weighted by Crippen LogP contribution is 2.07. The van der Waals surface area contributed by atoms with Gasteiger partial charge in [0.05, 0.1) is 0 Å². The van der Waals surface area contributed by atoms with Crippen LogP contribution in [0.3, 0.4) is 0 Å². The summed E-state index contributed by atoms with van der Waals surface area (Å²) in [6.45, 7) is 5.57. The van der Waals surface area contributed by atoms with Crippen molar-refractivity contribution in [2.24, 2.45) is 5.73 Å². The fraction of sp³-hybridized carbons (Fsp3) is 1.00. The summed E-state index contributed by atoms with van der Waals surface area (Å²) in [5.74, 6) is 1.26. The van der Waals surface area contributed by atoms with Crippen LogP contribution in [-0.2, 0) is 0 Å². The van der Waals surface area contributed by atoms with Crippen molar-refractivity contribution in [1.82, 2.24) is 4.90 Å². The summed E-state index contributed by atoms with van der Waals surface area (Å²) in [6.07, 6.45) is 5.82. The van der Waals surface area contributed by atoms with E-state index in [1.54, 1.807) is 0 Å². The quantitative estimate of drug-likeness (QED) is 0.677. The summed E-state index contributed by atoms with van der Waals surface area (Å²) in [5, 5.41) is 0. The second-order valence-electron chi connectivity index (χ2n) is 4.23. The molecule has 0 saturated carbocycles. The van der Waals surface area contributed by atoms with E-state index in [1.165, 1.54) is 25.1 Å². The fourth-order valence-corrected chi connectivity index (χ4v) is 1.97. The molecule has 0 rings (SSSR count). The summed E-state index contributed by atoms with van der Waals surface area (Å²) in [5.41, 5.74) is 5.71. The Balaban J connectivity index is 3.46. The summed E-state index contributed by atoms with van der Waals surface area (Å²) >= 11 is 1.93. The van der Waals surface area contributed by atoms with E-state index in [0.29, 0.717) is 12.1 Å². The van der Waals surface area contributed by atoms with Crippen LogP contribution < -0.4 is 5.73 Å². The van der Waals surface area contributed by atoms with E-state index in [0.717, 1.165) is 6.42 Å². The highest BCUT2D eigenvalue weighted by molar-refractivity contribution is 7.98. The molecular formula is C11H26N2S. The smallest absolute Gasteiger partial charge is 0.00717 e. The van der Waals surface area contributed by atoms with Gasteiger partial charge in [0.25, 0.3) is 0 Å². The topological polar surface area (TPSA) is 29.3 Å². The van der Waals surface area contributed by atoms with E-state index in [2.05, 4.69) is 32.1 Å². The Bertz CT molecular complexity index is 128. The van der Waals surface area contributed by atoms with Gasteiger partial charge in [0, 0.05) is 12.1 Å². The van der Waals surface area contributed by atoms with Crippen LogP contribution >= 0.6 is 11.8 Å². The number of hydrogen-bond donors (Lipinski definition) is 1. The second-order valence-corrected chi connectivity index (χ2v) is 5.22. The minimum atomic E-state index is 0.352. The van der Waals surface area contributed by atoms with Gasteiger partial charge >= 0.3 is 0 Å². The third kappa shape index (κ3) is 7.65. The largest absolute Gasteiger partial charge is 0.328 e. The molecule has 0 aromatic rings. The average Bonchev–Trinajstić information content (AvgIpc) is 2.13. The molecule has 0 radical (unpaired) electrons. The van der Waals surface area contributed by atoms with Crippen molar-refractivity contribution in [2.75, 3.05) is 25.6 Å². The van der Waals surface area contributed by atoms with E-state index >= 15 is 0 Å². The molecule has 3 heteroatoms. The van der Waals surface area contributed by atoms with Crippen molar-refractivity contribution >= 4 is 11.8 Å². The lowest BCUT2D eigenvalue weighted by molar-refractivity contribution is 0.246. The number of thioether (sulfide) groups is 1. The molecule has 0 aromatic heterocycles. The second kappa shape index (κ2) is 8.57. The van der Waals surface area contributed by atoms with Crippen molar-refractivity contribution in [3.63, 3.8) is 0 Å². The summed E-state index contributed by atoms with van der Waals surface area (Å²) < 4.78 is 0. The lowest BCUT2D eigenvalue weighted by Gasteiger charge is -2.24. The van der Waals surface area contributed by atoms with Crippen molar-refractivity contribution in [3.8, 4) is 0 Å². The van der Waals surface area contributed by atoms with Crippen LogP contribution in [0.5, 0.6) is 0 Å². The Hall–Kier alpha value is 0.270. The molecule has 0 aliphatic heterocycles. The molecule has 0 saturated heterocycles. The van der Waals surface area contributed by atoms with E-state index in [4.69, 9.17) is 5.73 Å². The van der Waals surface area contributed by atoms with Crippen LogP contribution in [0.1, 0.15) is 33.1 Å².